The summed E-state index contributed by atoms with van der Waals surface area (Å²) in [5.41, 5.74) is 7.90. The predicted octanol–water partition coefficient (Wildman–Crippen LogP) is 1.94. The highest BCUT2D eigenvalue weighted by atomic mass is 16.4. The molecule has 21 heavy (non-hydrogen) atoms. The lowest BCUT2D eigenvalue weighted by molar-refractivity contribution is -0.119. The number of aromatic carboxylic acids is 1. The molecule has 1 aliphatic carbocycles. The molecular weight excluding hydrogens is 268 g/mol. The van der Waals surface area contributed by atoms with Crippen LogP contribution in [0.4, 0.5) is 5.69 Å². The molecule has 0 spiro atoms. The average Bonchev–Trinajstić information content (AvgIpc) is 3.04. The zero-order chi connectivity index (χ0) is 15.0. The van der Waals surface area contributed by atoms with Gasteiger partial charge in [0.1, 0.15) is 0 Å². The summed E-state index contributed by atoms with van der Waals surface area (Å²) in [5, 5.41) is 9.09. The fraction of sp³-hybridized carbons (Fsp3) is 0.500. The molecule has 1 saturated carbocycles. The Morgan fingerprint density at radius 3 is 2.67 bits per heavy atom. The van der Waals surface area contributed by atoms with Crippen molar-refractivity contribution in [2.45, 2.75) is 44.1 Å². The van der Waals surface area contributed by atoms with Gasteiger partial charge < -0.3 is 15.7 Å². The largest absolute Gasteiger partial charge is 0.478 e. The lowest BCUT2D eigenvalue weighted by Gasteiger charge is -2.26. The third-order valence-electron chi connectivity index (χ3n) is 4.63. The molecule has 1 heterocycles. The van der Waals surface area contributed by atoms with Crippen molar-refractivity contribution in [1.29, 1.82) is 0 Å². The molecule has 1 aromatic carbocycles. The Morgan fingerprint density at radius 2 is 2.00 bits per heavy atom. The van der Waals surface area contributed by atoms with Crippen molar-refractivity contribution in [3.05, 3.63) is 29.3 Å². The van der Waals surface area contributed by atoms with Crippen molar-refractivity contribution in [2.75, 3.05) is 11.4 Å². The van der Waals surface area contributed by atoms with Crippen LogP contribution in [-0.2, 0) is 11.2 Å². The maximum atomic E-state index is 12.5. The molecule has 0 bridgehead atoms. The van der Waals surface area contributed by atoms with Crippen LogP contribution in [0.5, 0.6) is 0 Å². The summed E-state index contributed by atoms with van der Waals surface area (Å²) in [6, 6.07) is 5.00. The zero-order valence-corrected chi connectivity index (χ0v) is 12.0. The van der Waals surface area contributed by atoms with Gasteiger partial charge in [0, 0.05) is 24.2 Å². The van der Waals surface area contributed by atoms with Gasteiger partial charge in [0.15, 0.2) is 0 Å². The van der Waals surface area contributed by atoms with E-state index in [2.05, 4.69) is 0 Å². The minimum absolute atomic E-state index is 0.0145. The van der Waals surface area contributed by atoms with E-state index in [-0.39, 0.29) is 17.0 Å². The van der Waals surface area contributed by atoms with E-state index in [0.29, 0.717) is 13.0 Å². The van der Waals surface area contributed by atoms with E-state index in [0.717, 1.165) is 43.4 Å². The number of nitrogens with zero attached hydrogens (tertiary/aromatic N) is 1. The van der Waals surface area contributed by atoms with Crippen LogP contribution in [-0.4, -0.2) is 29.1 Å². The number of carbonyl (C=O) groups excluding carboxylic acids is 1. The van der Waals surface area contributed by atoms with Gasteiger partial charge >= 0.3 is 5.97 Å². The van der Waals surface area contributed by atoms with Gasteiger partial charge in [0.25, 0.3) is 0 Å². The summed E-state index contributed by atoms with van der Waals surface area (Å²) in [7, 11) is 0. The standard InChI is InChI=1S/C16H20N2O3/c17-16(6-1-2-7-16)10-14(19)18-8-5-11-3-4-12(15(20)21)9-13(11)18/h3-4,9H,1-2,5-8,10,17H2,(H,20,21). The van der Waals surface area contributed by atoms with Crippen LogP contribution in [0.15, 0.2) is 18.2 Å². The van der Waals surface area contributed by atoms with Crippen molar-refractivity contribution in [1.82, 2.24) is 0 Å². The molecule has 3 N–H and O–H groups in total. The molecular formula is C16H20N2O3. The molecule has 3 rings (SSSR count). The first kappa shape index (κ1) is 14.1. The third kappa shape index (κ3) is 2.65. The Labute approximate surface area is 123 Å². The van der Waals surface area contributed by atoms with E-state index in [1.54, 1.807) is 23.1 Å². The minimum Gasteiger partial charge on any atom is -0.478 e. The number of benzene rings is 1. The van der Waals surface area contributed by atoms with E-state index >= 15 is 0 Å². The molecule has 5 heteroatoms. The van der Waals surface area contributed by atoms with Crippen LogP contribution in [0.2, 0.25) is 0 Å². The van der Waals surface area contributed by atoms with E-state index in [9.17, 15) is 9.59 Å². The number of carboxylic acid groups (broad SMARTS) is 1. The molecule has 0 atom stereocenters. The number of hydrogen-bond donors (Lipinski definition) is 2. The molecule has 0 unspecified atom stereocenters. The molecule has 1 aromatic rings. The molecule has 5 nitrogen and oxygen atoms in total. The topological polar surface area (TPSA) is 83.6 Å². The predicted molar refractivity (Wildman–Crippen MR) is 79.5 cm³/mol. The van der Waals surface area contributed by atoms with E-state index in [4.69, 9.17) is 10.8 Å². The number of carboxylic acids is 1. The van der Waals surface area contributed by atoms with Crippen molar-refractivity contribution in [2.24, 2.45) is 5.73 Å². The minimum atomic E-state index is -0.969. The normalized spacial score (nSPS) is 19.6. The molecule has 1 aliphatic heterocycles. The molecule has 0 radical (unpaired) electrons. The summed E-state index contributed by atoms with van der Waals surface area (Å²) in [6.45, 7) is 0.618. The molecule has 0 aromatic heterocycles. The quantitative estimate of drug-likeness (QED) is 0.890. The Kier molecular flexibility index (Phi) is 3.45. The van der Waals surface area contributed by atoms with Gasteiger partial charge in [-0.15, -0.1) is 0 Å². The number of carbonyl (C=O) groups is 2. The number of anilines is 1. The van der Waals surface area contributed by atoms with Crippen LogP contribution in [0.25, 0.3) is 0 Å². The van der Waals surface area contributed by atoms with Crippen LogP contribution < -0.4 is 10.6 Å². The van der Waals surface area contributed by atoms with Gasteiger partial charge in [-0.1, -0.05) is 18.9 Å². The first-order valence-corrected chi connectivity index (χ1v) is 7.44. The van der Waals surface area contributed by atoms with Crippen LogP contribution >= 0.6 is 0 Å². The Balaban J connectivity index is 1.81. The van der Waals surface area contributed by atoms with E-state index in [1.165, 1.54) is 0 Å². The second-order valence-corrected chi connectivity index (χ2v) is 6.19. The maximum Gasteiger partial charge on any atom is 0.335 e. The van der Waals surface area contributed by atoms with E-state index in [1.807, 2.05) is 0 Å². The number of rotatable bonds is 3. The Morgan fingerprint density at radius 1 is 1.29 bits per heavy atom. The number of nitrogens with two attached hydrogens (primary N) is 1. The lowest BCUT2D eigenvalue weighted by atomic mass is 9.94. The highest BCUT2D eigenvalue weighted by molar-refractivity contribution is 5.98. The highest BCUT2D eigenvalue weighted by Crippen LogP contribution is 2.34. The first-order chi connectivity index (χ1) is 9.98. The fourth-order valence-corrected chi connectivity index (χ4v) is 3.42. The van der Waals surface area contributed by atoms with Crippen molar-refractivity contribution < 1.29 is 14.7 Å². The SMILES string of the molecule is NC1(CC(=O)N2CCc3ccc(C(=O)O)cc32)CCCC1. The van der Waals surface area contributed by atoms with Crippen LogP contribution in [0, 0.1) is 0 Å². The number of fused-ring (bicyclic) bond motifs is 1. The highest BCUT2D eigenvalue weighted by Gasteiger charge is 2.35. The molecule has 0 saturated heterocycles. The summed E-state index contributed by atoms with van der Waals surface area (Å²) in [6.07, 6.45) is 5.10. The summed E-state index contributed by atoms with van der Waals surface area (Å²) >= 11 is 0. The fourth-order valence-electron chi connectivity index (χ4n) is 3.42. The van der Waals surface area contributed by atoms with Gasteiger partial charge in [-0.2, -0.15) is 0 Å². The van der Waals surface area contributed by atoms with Gasteiger partial charge in [-0.25, -0.2) is 4.79 Å². The van der Waals surface area contributed by atoms with Gasteiger partial charge in [-0.3, -0.25) is 4.79 Å². The summed E-state index contributed by atoms with van der Waals surface area (Å²) in [5.74, 6) is -0.955. The second kappa shape index (κ2) is 5.15. The van der Waals surface area contributed by atoms with Gasteiger partial charge in [-0.05, 0) is 37.0 Å². The summed E-state index contributed by atoms with van der Waals surface area (Å²) < 4.78 is 0. The molecule has 1 amide bonds. The van der Waals surface area contributed by atoms with Crippen molar-refractivity contribution in [3.8, 4) is 0 Å². The zero-order valence-electron chi connectivity index (χ0n) is 12.0. The summed E-state index contributed by atoms with van der Waals surface area (Å²) in [4.78, 5) is 25.3. The monoisotopic (exact) mass is 288 g/mol. The van der Waals surface area contributed by atoms with Gasteiger partial charge in [0.05, 0.1) is 5.56 Å². The van der Waals surface area contributed by atoms with Crippen LogP contribution in [0.3, 0.4) is 0 Å². The first-order valence-electron chi connectivity index (χ1n) is 7.44. The van der Waals surface area contributed by atoms with Crippen LogP contribution in [0.1, 0.15) is 48.0 Å². The Hall–Kier alpha value is -1.88. The second-order valence-electron chi connectivity index (χ2n) is 6.19. The number of amides is 1. The third-order valence-corrected chi connectivity index (χ3v) is 4.63. The van der Waals surface area contributed by atoms with E-state index < -0.39 is 5.97 Å². The van der Waals surface area contributed by atoms with Gasteiger partial charge in [0.2, 0.25) is 5.91 Å². The molecule has 112 valence electrons. The molecule has 2 aliphatic rings. The maximum absolute atomic E-state index is 12.5. The molecule has 1 fully saturated rings. The smallest absolute Gasteiger partial charge is 0.335 e. The van der Waals surface area contributed by atoms with Crippen molar-refractivity contribution in [3.63, 3.8) is 0 Å². The number of hydrogen-bond acceptors (Lipinski definition) is 3. The average molecular weight is 288 g/mol. The Bertz CT molecular complexity index is 591. The lowest BCUT2D eigenvalue weighted by Crippen LogP contribution is -2.43. The van der Waals surface area contributed by atoms with Crippen molar-refractivity contribution >= 4 is 17.6 Å².